The molecule has 1 atom stereocenters. The summed E-state index contributed by atoms with van der Waals surface area (Å²) in [4.78, 5) is 21.0. The number of likely N-dealkylation sites (tertiary alicyclic amines) is 1. The molecule has 1 saturated carbocycles. The van der Waals surface area contributed by atoms with Gasteiger partial charge in [-0.1, -0.05) is 25.7 Å². The van der Waals surface area contributed by atoms with E-state index in [0.29, 0.717) is 0 Å². The van der Waals surface area contributed by atoms with E-state index in [0.717, 1.165) is 38.5 Å². The van der Waals surface area contributed by atoms with Crippen LogP contribution in [0.5, 0.6) is 0 Å². The first-order valence-corrected chi connectivity index (χ1v) is 11.7. The van der Waals surface area contributed by atoms with Gasteiger partial charge in [0.05, 0.1) is 6.10 Å². The molecule has 2 heterocycles. The second-order valence-electron chi connectivity index (χ2n) is 9.16. The highest BCUT2D eigenvalue weighted by Gasteiger charge is 2.38. The van der Waals surface area contributed by atoms with Crippen LogP contribution in [-0.4, -0.2) is 86.7 Å². The highest BCUT2D eigenvalue weighted by atomic mass is 16.5. The van der Waals surface area contributed by atoms with Crippen molar-refractivity contribution < 1.29 is 9.53 Å². The Kier molecular flexibility index (Phi) is 8.60. The Balaban J connectivity index is 1.63. The lowest BCUT2D eigenvalue weighted by Gasteiger charge is -2.48. The van der Waals surface area contributed by atoms with Crippen molar-refractivity contribution in [2.24, 2.45) is 4.99 Å². The van der Waals surface area contributed by atoms with Crippen LogP contribution in [-0.2, 0) is 9.53 Å². The zero-order valence-electron chi connectivity index (χ0n) is 18.5. The van der Waals surface area contributed by atoms with Crippen molar-refractivity contribution in [2.75, 3.05) is 53.4 Å². The van der Waals surface area contributed by atoms with E-state index in [1.165, 1.54) is 64.5 Å². The van der Waals surface area contributed by atoms with Gasteiger partial charge >= 0.3 is 0 Å². The van der Waals surface area contributed by atoms with Crippen molar-refractivity contribution >= 4 is 11.9 Å². The Hall–Kier alpha value is -1.34. The minimum atomic E-state index is 0.0200. The van der Waals surface area contributed by atoms with Gasteiger partial charge in [0, 0.05) is 39.3 Å². The monoisotopic (exact) mass is 407 g/mol. The van der Waals surface area contributed by atoms with Crippen LogP contribution in [0.1, 0.15) is 64.2 Å². The van der Waals surface area contributed by atoms with Gasteiger partial charge in [0.1, 0.15) is 6.54 Å². The minimum absolute atomic E-state index is 0.0200. The van der Waals surface area contributed by atoms with E-state index in [2.05, 4.69) is 20.5 Å². The number of hydrogen-bond donors (Lipinski definition) is 2. The molecule has 0 spiro atoms. The maximum atomic E-state index is 12.1. The van der Waals surface area contributed by atoms with Gasteiger partial charge in [0.2, 0.25) is 5.91 Å². The number of rotatable bonds is 7. The van der Waals surface area contributed by atoms with Crippen molar-refractivity contribution in [3.8, 4) is 0 Å². The Morgan fingerprint density at radius 2 is 1.79 bits per heavy atom. The summed E-state index contributed by atoms with van der Waals surface area (Å²) in [6, 6.07) is 0. The van der Waals surface area contributed by atoms with E-state index in [1.807, 2.05) is 0 Å². The summed E-state index contributed by atoms with van der Waals surface area (Å²) in [5, 5.41) is 7.06. The third kappa shape index (κ3) is 6.57. The summed E-state index contributed by atoms with van der Waals surface area (Å²) in [6.07, 6.45) is 13.0. The lowest BCUT2D eigenvalue weighted by molar-refractivity contribution is -0.127. The van der Waals surface area contributed by atoms with Crippen molar-refractivity contribution in [2.45, 2.75) is 75.9 Å². The first-order chi connectivity index (χ1) is 14.1. The third-order valence-electron chi connectivity index (χ3n) is 6.79. The van der Waals surface area contributed by atoms with Crippen LogP contribution < -0.4 is 10.6 Å². The fourth-order valence-corrected chi connectivity index (χ4v) is 4.91. The van der Waals surface area contributed by atoms with Gasteiger partial charge in [-0.25, -0.2) is 4.99 Å². The van der Waals surface area contributed by atoms with Gasteiger partial charge in [-0.2, -0.15) is 0 Å². The molecule has 1 aliphatic carbocycles. The molecule has 3 aliphatic rings. The highest BCUT2D eigenvalue weighted by molar-refractivity contribution is 5.84. The number of hydrogen-bond acceptors (Lipinski definition) is 4. The number of likely N-dealkylation sites (N-methyl/N-ethyl adjacent to an activating group) is 1. The van der Waals surface area contributed by atoms with Crippen molar-refractivity contribution in [1.82, 2.24) is 20.4 Å². The standard InChI is InChI=1S/C22H41N5O2/c1-26(2)20(28)17-24-21(23-16-19-10-9-15-29-19)25-18-22(11-5-3-6-12-22)27-13-7-4-8-14-27/h19H,3-18H2,1-2H3,(H2,23,24,25). The molecule has 0 bridgehead atoms. The number of carbonyl (C=O) groups excluding carboxylic acids is 1. The Bertz CT molecular complexity index is 533. The van der Waals surface area contributed by atoms with Crippen LogP contribution in [0.4, 0.5) is 0 Å². The van der Waals surface area contributed by atoms with Gasteiger partial charge < -0.3 is 20.3 Å². The molecule has 7 nitrogen and oxygen atoms in total. The molecule has 1 amide bonds. The maximum Gasteiger partial charge on any atom is 0.243 e. The lowest BCUT2D eigenvalue weighted by Crippen LogP contribution is -2.59. The molecule has 2 N–H and O–H groups in total. The van der Waals surface area contributed by atoms with Crippen molar-refractivity contribution in [3.05, 3.63) is 0 Å². The number of ether oxygens (including phenoxy) is 1. The fourth-order valence-electron chi connectivity index (χ4n) is 4.91. The summed E-state index contributed by atoms with van der Waals surface area (Å²) < 4.78 is 5.75. The predicted molar refractivity (Wildman–Crippen MR) is 117 cm³/mol. The minimum Gasteiger partial charge on any atom is -0.376 e. The molecule has 7 heteroatoms. The average molecular weight is 408 g/mol. The molecular formula is C22H41N5O2. The number of amides is 1. The predicted octanol–water partition coefficient (Wildman–Crippen LogP) is 1.98. The largest absolute Gasteiger partial charge is 0.376 e. The number of carbonyl (C=O) groups is 1. The molecule has 3 fully saturated rings. The van der Waals surface area contributed by atoms with E-state index in [4.69, 9.17) is 4.74 Å². The average Bonchev–Trinajstić information content (AvgIpc) is 3.28. The molecule has 2 saturated heterocycles. The van der Waals surface area contributed by atoms with Crippen molar-refractivity contribution in [3.63, 3.8) is 0 Å². The summed E-state index contributed by atoms with van der Waals surface area (Å²) in [5.74, 6) is 0.768. The van der Waals surface area contributed by atoms with Gasteiger partial charge in [0.15, 0.2) is 5.96 Å². The molecule has 3 rings (SSSR count). The molecule has 1 unspecified atom stereocenters. The number of nitrogens with zero attached hydrogens (tertiary/aromatic N) is 3. The first kappa shape index (κ1) is 22.3. The lowest BCUT2D eigenvalue weighted by atomic mass is 9.79. The number of nitrogens with one attached hydrogen (secondary N) is 2. The maximum absolute atomic E-state index is 12.1. The normalized spacial score (nSPS) is 25.6. The second-order valence-corrected chi connectivity index (χ2v) is 9.16. The van der Waals surface area contributed by atoms with Gasteiger partial charge in [-0.3, -0.25) is 9.69 Å². The Morgan fingerprint density at radius 1 is 1.07 bits per heavy atom. The zero-order valence-corrected chi connectivity index (χ0v) is 18.5. The Labute approximate surface area is 176 Å². The summed E-state index contributed by atoms with van der Waals surface area (Å²) in [5.41, 5.74) is 0.233. The molecular weight excluding hydrogens is 366 g/mol. The topological polar surface area (TPSA) is 69.2 Å². The van der Waals surface area contributed by atoms with Crippen LogP contribution >= 0.6 is 0 Å². The fraction of sp³-hybridized carbons (Fsp3) is 0.909. The van der Waals surface area contributed by atoms with Crippen LogP contribution in [0.3, 0.4) is 0 Å². The summed E-state index contributed by atoms with van der Waals surface area (Å²) in [6.45, 7) is 5.11. The third-order valence-corrected chi connectivity index (χ3v) is 6.79. The summed E-state index contributed by atoms with van der Waals surface area (Å²) >= 11 is 0. The SMILES string of the molecule is CN(C)C(=O)CN=C(NCC1CCCO1)NCC1(N2CCCCC2)CCCCC1. The number of piperidine rings is 1. The molecule has 29 heavy (non-hydrogen) atoms. The van der Waals surface area contributed by atoms with E-state index >= 15 is 0 Å². The molecule has 0 aromatic rings. The number of aliphatic imine (C=N–C) groups is 1. The smallest absolute Gasteiger partial charge is 0.243 e. The van der Waals surface area contributed by atoms with Gasteiger partial charge in [0.25, 0.3) is 0 Å². The zero-order chi connectivity index (χ0) is 20.5. The van der Waals surface area contributed by atoms with Crippen LogP contribution in [0.15, 0.2) is 4.99 Å². The Morgan fingerprint density at radius 3 is 2.45 bits per heavy atom. The molecule has 0 aromatic carbocycles. The highest BCUT2D eigenvalue weighted by Crippen LogP contribution is 2.35. The molecule has 0 radical (unpaired) electrons. The van der Waals surface area contributed by atoms with Crippen LogP contribution in [0.25, 0.3) is 0 Å². The number of guanidine groups is 1. The van der Waals surface area contributed by atoms with E-state index in [9.17, 15) is 4.79 Å². The van der Waals surface area contributed by atoms with Gasteiger partial charge in [-0.05, 0) is 51.6 Å². The molecule has 166 valence electrons. The van der Waals surface area contributed by atoms with E-state index in [1.54, 1.807) is 19.0 Å². The van der Waals surface area contributed by atoms with Crippen LogP contribution in [0.2, 0.25) is 0 Å². The van der Waals surface area contributed by atoms with E-state index < -0.39 is 0 Å². The first-order valence-electron chi connectivity index (χ1n) is 11.7. The van der Waals surface area contributed by atoms with Gasteiger partial charge in [-0.15, -0.1) is 0 Å². The molecule has 2 aliphatic heterocycles. The quantitative estimate of drug-likeness (QED) is 0.499. The second kappa shape index (κ2) is 11.2. The summed E-state index contributed by atoms with van der Waals surface area (Å²) in [7, 11) is 3.55. The van der Waals surface area contributed by atoms with E-state index in [-0.39, 0.29) is 24.1 Å². The van der Waals surface area contributed by atoms with Crippen molar-refractivity contribution in [1.29, 1.82) is 0 Å². The molecule has 0 aromatic heterocycles. The van der Waals surface area contributed by atoms with Crippen LogP contribution in [0, 0.1) is 0 Å².